The van der Waals surface area contributed by atoms with Crippen LogP contribution in [0.4, 0.5) is 13.2 Å². The lowest BCUT2D eigenvalue weighted by Crippen LogP contribution is -2.25. The van der Waals surface area contributed by atoms with Gasteiger partial charge < -0.3 is 10.3 Å². The number of hydrogen-bond acceptors (Lipinski definition) is 5. The molecule has 0 bridgehead atoms. The fourth-order valence-electron chi connectivity index (χ4n) is 2.78. The van der Waals surface area contributed by atoms with E-state index in [4.69, 9.17) is 11.6 Å². The minimum atomic E-state index is -4.50. The zero-order chi connectivity index (χ0) is 22.4. The first-order chi connectivity index (χ1) is 14.7. The number of rotatable bonds is 8. The van der Waals surface area contributed by atoms with Crippen molar-refractivity contribution in [3.63, 3.8) is 0 Å². The molecule has 164 valence electrons. The highest BCUT2D eigenvalue weighted by Crippen LogP contribution is 2.33. The molecular formula is C20H18ClF3N4O2S. The van der Waals surface area contributed by atoms with E-state index in [9.17, 15) is 22.8 Å². The van der Waals surface area contributed by atoms with Gasteiger partial charge in [0, 0.05) is 31.3 Å². The molecule has 2 aromatic heterocycles. The molecular weight excluding hydrogens is 453 g/mol. The predicted molar refractivity (Wildman–Crippen MR) is 113 cm³/mol. The van der Waals surface area contributed by atoms with Crippen LogP contribution in [0, 0.1) is 0 Å². The second kappa shape index (κ2) is 10.1. The number of aromatic nitrogens is 3. The van der Waals surface area contributed by atoms with Crippen LogP contribution in [-0.2, 0) is 17.4 Å². The highest BCUT2D eigenvalue weighted by molar-refractivity contribution is 7.99. The van der Waals surface area contributed by atoms with Gasteiger partial charge in [0.05, 0.1) is 21.5 Å². The molecule has 11 heteroatoms. The topological polar surface area (TPSA) is 87.7 Å². The van der Waals surface area contributed by atoms with Crippen LogP contribution in [0.2, 0.25) is 5.02 Å². The molecule has 0 aliphatic carbocycles. The SMILES string of the molecule is O=C(CCCc1nc2ccccc2c(=O)[nH]1)NCCSc1ncc(C(F)(F)F)cc1Cl. The Kier molecular flexibility index (Phi) is 7.55. The molecule has 0 aliphatic heterocycles. The standard InChI is InChI=1S/C20H18ClF3N4O2S/c21-14-10-12(20(22,23)24)11-26-19(14)31-9-8-25-17(29)7-3-6-16-27-15-5-2-1-4-13(15)18(30)28-16/h1-2,4-5,10-11H,3,6-9H2,(H,25,29)(H,27,28,30). The molecule has 3 rings (SSSR count). The van der Waals surface area contributed by atoms with Crippen LogP contribution in [0.3, 0.4) is 0 Å². The number of para-hydroxylation sites is 1. The lowest BCUT2D eigenvalue weighted by molar-refractivity contribution is -0.137. The fourth-order valence-corrected chi connectivity index (χ4v) is 3.83. The number of amides is 1. The van der Waals surface area contributed by atoms with E-state index in [-0.39, 0.29) is 27.9 Å². The number of carbonyl (C=O) groups is 1. The Morgan fingerprint density at radius 3 is 2.77 bits per heavy atom. The summed E-state index contributed by atoms with van der Waals surface area (Å²) in [5, 5.41) is 3.44. The number of carbonyl (C=O) groups excluding carboxylic acids is 1. The molecule has 2 N–H and O–H groups in total. The quantitative estimate of drug-likeness (QED) is 0.380. The van der Waals surface area contributed by atoms with Gasteiger partial charge >= 0.3 is 6.18 Å². The summed E-state index contributed by atoms with van der Waals surface area (Å²) >= 11 is 7.01. The molecule has 6 nitrogen and oxygen atoms in total. The van der Waals surface area contributed by atoms with Gasteiger partial charge in [0.1, 0.15) is 10.9 Å². The Bertz CT molecular complexity index is 1140. The van der Waals surface area contributed by atoms with Crippen LogP contribution in [0.15, 0.2) is 46.3 Å². The van der Waals surface area contributed by atoms with E-state index in [2.05, 4.69) is 20.3 Å². The van der Waals surface area contributed by atoms with Gasteiger partial charge in [-0.2, -0.15) is 13.2 Å². The molecule has 1 aromatic carbocycles. The van der Waals surface area contributed by atoms with Gasteiger partial charge in [0.25, 0.3) is 5.56 Å². The first-order valence-electron chi connectivity index (χ1n) is 9.34. The van der Waals surface area contributed by atoms with Crippen LogP contribution in [0.5, 0.6) is 0 Å². The smallest absolute Gasteiger partial charge is 0.355 e. The number of nitrogens with one attached hydrogen (secondary N) is 2. The number of alkyl halides is 3. The number of hydrogen-bond donors (Lipinski definition) is 2. The second-order valence-electron chi connectivity index (χ2n) is 6.59. The van der Waals surface area contributed by atoms with Gasteiger partial charge in [-0.25, -0.2) is 9.97 Å². The van der Waals surface area contributed by atoms with E-state index >= 15 is 0 Å². The molecule has 3 aromatic rings. The second-order valence-corrected chi connectivity index (χ2v) is 8.08. The van der Waals surface area contributed by atoms with E-state index in [1.165, 1.54) is 0 Å². The van der Waals surface area contributed by atoms with E-state index in [0.717, 1.165) is 24.0 Å². The van der Waals surface area contributed by atoms with Crippen molar-refractivity contribution in [3.05, 3.63) is 63.3 Å². The summed E-state index contributed by atoms with van der Waals surface area (Å²) < 4.78 is 37.9. The van der Waals surface area contributed by atoms with Crippen molar-refractivity contribution >= 4 is 40.2 Å². The molecule has 0 atom stereocenters. The molecule has 0 fully saturated rings. The number of H-pyrrole nitrogens is 1. The van der Waals surface area contributed by atoms with Crippen LogP contribution in [0.1, 0.15) is 24.2 Å². The minimum absolute atomic E-state index is 0.0805. The van der Waals surface area contributed by atoms with Gasteiger partial charge in [-0.3, -0.25) is 9.59 Å². The van der Waals surface area contributed by atoms with Crippen LogP contribution < -0.4 is 10.9 Å². The predicted octanol–water partition coefficient (Wildman–Crippen LogP) is 4.22. The maximum Gasteiger partial charge on any atom is 0.417 e. The van der Waals surface area contributed by atoms with E-state index in [1.807, 2.05) is 0 Å². The number of benzene rings is 1. The number of pyridine rings is 1. The van der Waals surface area contributed by atoms with Crippen LogP contribution in [-0.4, -0.2) is 33.2 Å². The van der Waals surface area contributed by atoms with Crippen molar-refractivity contribution in [2.24, 2.45) is 0 Å². The number of thioether (sulfide) groups is 1. The van der Waals surface area contributed by atoms with E-state index in [0.29, 0.717) is 41.9 Å². The largest absolute Gasteiger partial charge is 0.417 e. The molecule has 0 saturated carbocycles. The van der Waals surface area contributed by atoms with Crippen molar-refractivity contribution < 1.29 is 18.0 Å². The molecule has 0 unspecified atom stereocenters. The maximum atomic E-state index is 12.6. The molecule has 31 heavy (non-hydrogen) atoms. The first-order valence-corrected chi connectivity index (χ1v) is 10.7. The zero-order valence-electron chi connectivity index (χ0n) is 16.1. The average Bonchev–Trinajstić information content (AvgIpc) is 2.71. The molecule has 1 amide bonds. The number of halogens is 4. The van der Waals surface area contributed by atoms with Crippen LogP contribution in [0.25, 0.3) is 10.9 Å². The highest BCUT2D eigenvalue weighted by atomic mass is 35.5. The highest BCUT2D eigenvalue weighted by Gasteiger charge is 2.31. The molecule has 0 spiro atoms. The van der Waals surface area contributed by atoms with Crippen LogP contribution >= 0.6 is 23.4 Å². The molecule has 2 heterocycles. The van der Waals surface area contributed by atoms with E-state index < -0.39 is 11.7 Å². The van der Waals surface area contributed by atoms with Gasteiger partial charge in [-0.15, -0.1) is 11.8 Å². The van der Waals surface area contributed by atoms with Gasteiger partial charge in [0.15, 0.2) is 0 Å². The fraction of sp³-hybridized carbons (Fsp3) is 0.300. The summed E-state index contributed by atoms with van der Waals surface area (Å²) in [6.07, 6.45) is -2.55. The Morgan fingerprint density at radius 1 is 1.26 bits per heavy atom. The minimum Gasteiger partial charge on any atom is -0.355 e. The summed E-state index contributed by atoms with van der Waals surface area (Å²) in [5.41, 5.74) is -0.506. The molecule has 0 radical (unpaired) electrons. The Labute approximate surface area is 184 Å². The molecule has 0 aliphatic rings. The third-order valence-electron chi connectivity index (χ3n) is 4.28. The third kappa shape index (κ3) is 6.44. The lowest BCUT2D eigenvalue weighted by Gasteiger charge is -2.09. The number of aromatic amines is 1. The van der Waals surface area contributed by atoms with Gasteiger partial charge in [0.2, 0.25) is 5.91 Å². The lowest BCUT2D eigenvalue weighted by atomic mass is 10.2. The summed E-state index contributed by atoms with van der Waals surface area (Å²) in [4.78, 5) is 34.8. The third-order valence-corrected chi connectivity index (χ3v) is 5.68. The number of fused-ring (bicyclic) bond motifs is 1. The van der Waals surface area contributed by atoms with Crippen molar-refractivity contribution in [2.45, 2.75) is 30.5 Å². The first kappa shape index (κ1) is 23.1. The van der Waals surface area contributed by atoms with Crippen molar-refractivity contribution in [1.29, 1.82) is 0 Å². The Morgan fingerprint density at radius 2 is 2.03 bits per heavy atom. The summed E-state index contributed by atoms with van der Waals surface area (Å²) in [6, 6.07) is 7.86. The van der Waals surface area contributed by atoms with Crippen molar-refractivity contribution in [1.82, 2.24) is 20.3 Å². The Balaban J connectivity index is 1.40. The summed E-state index contributed by atoms with van der Waals surface area (Å²) in [5.74, 6) is 0.758. The summed E-state index contributed by atoms with van der Waals surface area (Å²) in [6.45, 7) is 0.313. The maximum absolute atomic E-state index is 12.6. The summed E-state index contributed by atoms with van der Waals surface area (Å²) in [7, 11) is 0. The molecule has 0 saturated heterocycles. The average molecular weight is 471 g/mol. The Hall–Kier alpha value is -2.59. The zero-order valence-corrected chi connectivity index (χ0v) is 17.7. The van der Waals surface area contributed by atoms with Gasteiger partial charge in [-0.05, 0) is 24.6 Å². The van der Waals surface area contributed by atoms with Gasteiger partial charge in [-0.1, -0.05) is 23.7 Å². The van der Waals surface area contributed by atoms with Crippen molar-refractivity contribution in [3.8, 4) is 0 Å². The number of aryl methyl sites for hydroxylation is 1. The normalized spacial score (nSPS) is 11.6. The monoisotopic (exact) mass is 470 g/mol. The number of nitrogens with zero attached hydrogens (tertiary/aromatic N) is 2. The van der Waals surface area contributed by atoms with E-state index in [1.54, 1.807) is 24.3 Å². The van der Waals surface area contributed by atoms with Crippen molar-refractivity contribution in [2.75, 3.05) is 12.3 Å².